The van der Waals surface area contributed by atoms with Gasteiger partial charge in [-0.25, -0.2) is 13.2 Å². The maximum atomic E-state index is 13.3. The van der Waals surface area contributed by atoms with E-state index in [0.717, 1.165) is 12.8 Å². The summed E-state index contributed by atoms with van der Waals surface area (Å²) in [6.07, 6.45) is 1.94. The van der Waals surface area contributed by atoms with Gasteiger partial charge >= 0.3 is 5.97 Å². The molecule has 0 amide bonds. The summed E-state index contributed by atoms with van der Waals surface area (Å²) in [4.78, 5) is 11.1. The molecular weight excluding hydrogens is 541 g/mol. The highest BCUT2D eigenvalue weighted by molar-refractivity contribution is 7.91. The van der Waals surface area contributed by atoms with Gasteiger partial charge in [0.15, 0.2) is 0 Å². The Bertz CT molecular complexity index is 1670. The Labute approximate surface area is 221 Å². The Morgan fingerprint density at radius 3 is 2.49 bits per heavy atom. The van der Waals surface area contributed by atoms with Gasteiger partial charge in [-0.15, -0.1) is 0 Å². The summed E-state index contributed by atoms with van der Waals surface area (Å²) >= 11 is 12.8. The van der Waals surface area contributed by atoms with E-state index in [1.165, 1.54) is 30.3 Å². The summed E-state index contributed by atoms with van der Waals surface area (Å²) in [5.74, 6) is 0.0647. The number of nitrogens with zero attached hydrogens (tertiary/aromatic N) is 1. The Balaban J connectivity index is 1.33. The molecule has 2 heterocycles. The molecule has 0 unspecified atom stereocenters. The van der Waals surface area contributed by atoms with Crippen LogP contribution in [-0.2, 0) is 16.4 Å². The Hall–Kier alpha value is -3.53. The molecule has 1 aliphatic heterocycles. The molecule has 0 atom stereocenters. The van der Waals surface area contributed by atoms with Crippen molar-refractivity contribution in [3.8, 4) is 28.5 Å². The first-order valence-electron chi connectivity index (χ1n) is 11.2. The molecule has 3 aromatic carbocycles. The van der Waals surface area contributed by atoms with Crippen molar-refractivity contribution in [3.05, 3.63) is 81.5 Å². The van der Waals surface area contributed by atoms with Crippen LogP contribution in [-0.4, -0.2) is 24.7 Å². The Morgan fingerprint density at radius 2 is 1.78 bits per heavy atom. The van der Waals surface area contributed by atoms with Crippen LogP contribution in [0.2, 0.25) is 10.0 Å². The van der Waals surface area contributed by atoms with Crippen molar-refractivity contribution in [2.45, 2.75) is 35.2 Å². The molecule has 0 bridgehead atoms. The van der Waals surface area contributed by atoms with Gasteiger partial charge in [0.25, 0.3) is 0 Å². The number of fused-ring (bicyclic) bond motifs is 2. The first-order valence-corrected chi connectivity index (χ1v) is 13.5. The molecule has 1 saturated carbocycles. The van der Waals surface area contributed by atoms with Crippen molar-refractivity contribution in [2.75, 3.05) is 0 Å². The van der Waals surface area contributed by atoms with E-state index in [1.807, 2.05) is 0 Å². The number of halogens is 2. The van der Waals surface area contributed by atoms with Crippen molar-refractivity contribution in [2.24, 2.45) is 0 Å². The predicted molar refractivity (Wildman–Crippen MR) is 134 cm³/mol. The lowest BCUT2D eigenvalue weighted by atomic mass is 10.0. The Morgan fingerprint density at radius 1 is 1.03 bits per heavy atom. The lowest BCUT2D eigenvalue weighted by Gasteiger charge is -2.21. The van der Waals surface area contributed by atoms with Crippen LogP contribution < -0.4 is 9.47 Å². The summed E-state index contributed by atoms with van der Waals surface area (Å²) in [6.45, 7) is 0.0461. The highest BCUT2D eigenvalue weighted by atomic mass is 35.5. The van der Waals surface area contributed by atoms with Gasteiger partial charge in [-0.1, -0.05) is 34.4 Å². The highest BCUT2D eigenvalue weighted by Crippen LogP contribution is 2.47. The number of aromatic carboxylic acids is 1. The molecule has 1 N–H and O–H groups in total. The molecule has 6 rings (SSSR count). The molecule has 2 aliphatic rings. The van der Waals surface area contributed by atoms with E-state index in [9.17, 15) is 18.3 Å². The number of carboxylic acids is 1. The van der Waals surface area contributed by atoms with E-state index < -0.39 is 15.8 Å². The molecular formula is C26H17Cl2NO7S. The number of rotatable bonds is 6. The molecule has 4 aromatic rings. The fourth-order valence-corrected chi connectivity index (χ4v) is 6.33. The maximum absolute atomic E-state index is 13.3. The molecule has 0 radical (unpaired) electrons. The zero-order valence-corrected chi connectivity index (χ0v) is 21.2. The predicted octanol–water partition coefficient (Wildman–Crippen LogP) is 6.74. The molecule has 0 saturated heterocycles. The van der Waals surface area contributed by atoms with Gasteiger partial charge in [-0.3, -0.25) is 0 Å². The average molecular weight is 558 g/mol. The maximum Gasteiger partial charge on any atom is 0.335 e. The van der Waals surface area contributed by atoms with Crippen LogP contribution in [0.5, 0.6) is 17.2 Å². The second-order valence-corrected chi connectivity index (χ2v) is 11.4. The van der Waals surface area contributed by atoms with Crippen molar-refractivity contribution in [1.82, 2.24) is 5.16 Å². The van der Waals surface area contributed by atoms with Crippen molar-refractivity contribution in [3.63, 3.8) is 0 Å². The van der Waals surface area contributed by atoms with Crippen LogP contribution >= 0.6 is 23.2 Å². The summed E-state index contributed by atoms with van der Waals surface area (Å²) in [6, 6.07) is 13.2. The molecule has 1 aromatic heterocycles. The molecule has 1 fully saturated rings. The molecule has 1 aliphatic carbocycles. The number of benzene rings is 3. The van der Waals surface area contributed by atoms with Crippen LogP contribution in [0.15, 0.2) is 68.9 Å². The largest absolute Gasteiger partial charge is 0.489 e. The highest BCUT2D eigenvalue weighted by Gasteiger charge is 2.35. The standard InChI is InChI=1S/C26H17Cl2NO7S/c27-17-2-1-3-18(28)23(17)24-16(25(36-29-24)13-4-5-13)12-34-15-7-8-19-22(11-15)37(32,33)21-9-6-14(26(30)31)10-20(21)35-19/h1-3,6-11,13H,4-5,12H2,(H,30,31). The van der Waals surface area contributed by atoms with E-state index in [2.05, 4.69) is 5.16 Å². The minimum absolute atomic E-state index is 0.0409. The second-order valence-electron chi connectivity index (χ2n) is 8.71. The van der Waals surface area contributed by atoms with Crippen LogP contribution in [0.3, 0.4) is 0 Å². The number of sulfone groups is 1. The SMILES string of the molecule is O=C(O)c1ccc2c(c1)Oc1ccc(OCc3c(-c4c(Cl)cccc4Cl)noc3C3CC3)cc1S2(=O)=O. The van der Waals surface area contributed by atoms with Gasteiger partial charge in [-0.05, 0) is 55.3 Å². The Kier molecular flexibility index (Phi) is 5.67. The quantitative estimate of drug-likeness (QED) is 0.244. The first-order chi connectivity index (χ1) is 17.7. The number of hydrogen-bond acceptors (Lipinski definition) is 7. The minimum Gasteiger partial charge on any atom is -0.489 e. The first kappa shape index (κ1) is 23.8. The van der Waals surface area contributed by atoms with Crippen LogP contribution in [0.4, 0.5) is 0 Å². The average Bonchev–Trinajstić information content (AvgIpc) is 3.63. The van der Waals surface area contributed by atoms with Crippen molar-refractivity contribution < 1.29 is 32.3 Å². The van der Waals surface area contributed by atoms with Gasteiger partial charge in [0, 0.05) is 17.5 Å². The van der Waals surface area contributed by atoms with Gasteiger partial charge in [-0.2, -0.15) is 0 Å². The number of carbonyl (C=O) groups is 1. The summed E-state index contributed by atoms with van der Waals surface area (Å²) < 4.78 is 44.0. The van der Waals surface area contributed by atoms with E-state index in [1.54, 1.807) is 24.3 Å². The minimum atomic E-state index is -3.98. The number of aromatic nitrogens is 1. The lowest BCUT2D eigenvalue weighted by molar-refractivity contribution is 0.0696. The van der Waals surface area contributed by atoms with E-state index in [4.69, 9.17) is 37.2 Å². The zero-order valence-electron chi connectivity index (χ0n) is 18.9. The topological polar surface area (TPSA) is 116 Å². The molecule has 37 heavy (non-hydrogen) atoms. The zero-order chi connectivity index (χ0) is 25.9. The fourth-order valence-electron chi connectivity index (χ4n) is 4.26. The molecule has 0 spiro atoms. The van der Waals surface area contributed by atoms with Gasteiger partial charge < -0.3 is 19.1 Å². The number of carboxylic acid groups (broad SMARTS) is 1. The third-order valence-corrected chi connectivity index (χ3v) is 8.70. The van der Waals surface area contributed by atoms with Crippen molar-refractivity contribution >= 4 is 39.0 Å². The fraction of sp³-hybridized carbons (Fsp3) is 0.154. The summed E-state index contributed by atoms with van der Waals surface area (Å²) in [7, 11) is -3.98. The van der Waals surface area contributed by atoms with Gasteiger partial charge in [0.05, 0.1) is 21.2 Å². The van der Waals surface area contributed by atoms with E-state index >= 15 is 0 Å². The third-order valence-electron chi connectivity index (χ3n) is 6.25. The van der Waals surface area contributed by atoms with Gasteiger partial charge in [0.1, 0.15) is 45.1 Å². The normalized spacial score (nSPS) is 15.4. The molecule has 188 valence electrons. The van der Waals surface area contributed by atoms with E-state index in [0.29, 0.717) is 32.6 Å². The summed E-state index contributed by atoms with van der Waals surface area (Å²) in [5.41, 5.74) is 1.64. The van der Waals surface area contributed by atoms with Crippen LogP contribution in [0.25, 0.3) is 11.3 Å². The van der Waals surface area contributed by atoms with Crippen LogP contribution in [0.1, 0.15) is 40.4 Å². The van der Waals surface area contributed by atoms with Gasteiger partial charge in [0.2, 0.25) is 9.84 Å². The second kappa shape index (κ2) is 8.79. The molecule has 11 heteroatoms. The summed E-state index contributed by atoms with van der Waals surface area (Å²) in [5, 5.41) is 14.3. The van der Waals surface area contributed by atoms with Crippen molar-refractivity contribution in [1.29, 1.82) is 0 Å². The smallest absolute Gasteiger partial charge is 0.335 e. The molecule has 8 nitrogen and oxygen atoms in total. The number of ether oxygens (including phenoxy) is 2. The van der Waals surface area contributed by atoms with Crippen LogP contribution in [0, 0.1) is 0 Å². The lowest BCUT2D eigenvalue weighted by Crippen LogP contribution is -2.12. The third kappa shape index (κ3) is 4.13. The number of hydrogen-bond donors (Lipinski definition) is 1. The van der Waals surface area contributed by atoms with E-state index in [-0.39, 0.29) is 45.1 Å². The monoisotopic (exact) mass is 557 g/mol.